The van der Waals surface area contributed by atoms with Gasteiger partial charge in [-0.25, -0.2) is 4.79 Å². The molecule has 1 aromatic rings. The zero-order chi connectivity index (χ0) is 18.7. The molecular formula is C20H26N2O4. The van der Waals surface area contributed by atoms with Crippen LogP contribution in [0, 0.1) is 0 Å². The van der Waals surface area contributed by atoms with Gasteiger partial charge in [0.05, 0.1) is 0 Å². The van der Waals surface area contributed by atoms with Crippen molar-refractivity contribution < 1.29 is 19.1 Å². The second-order valence-corrected chi connectivity index (χ2v) is 7.66. The lowest BCUT2D eigenvalue weighted by Gasteiger charge is -2.29. The fraction of sp³-hybridized carbons (Fsp3) is 0.500. The van der Waals surface area contributed by atoms with Crippen molar-refractivity contribution in [1.82, 2.24) is 4.90 Å². The molecule has 6 heteroatoms. The maximum absolute atomic E-state index is 12.1. The van der Waals surface area contributed by atoms with Crippen LogP contribution in [0.1, 0.15) is 39.2 Å². The van der Waals surface area contributed by atoms with E-state index in [4.69, 9.17) is 9.47 Å². The molecule has 3 rings (SSSR count). The van der Waals surface area contributed by atoms with Gasteiger partial charge in [0.2, 0.25) is 5.91 Å². The van der Waals surface area contributed by atoms with E-state index in [1.54, 1.807) is 4.90 Å². The molecule has 26 heavy (non-hydrogen) atoms. The van der Waals surface area contributed by atoms with Crippen LogP contribution in [0.5, 0.6) is 5.75 Å². The van der Waals surface area contributed by atoms with Crippen molar-refractivity contribution in [1.29, 1.82) is 0 Å². The minimum absolute atomic E-state index is 0.0480. The standard InChI is InChI=1S/C20H26N2O4/c1-20(2,3)26-19(24)22-11-9-14(10-12-22)13-25-17-6-4-5-16-15(17)7-8-18(23)21-16/h4-6,9H,7-8,10-13H2,1-3H3,(H,21,23). The van der Waals surface area contributed by atoms with Gasteiger partial charge in [-0.1, -0.05) is 12.1 Å². The number of amides is 2. The van der Waals surface area contributed by atoms with E-state index in [1.165, 1.54) is 5.57 Å². The molecule has 0 aliphatic carbocycles. The fourth-order valence-corrected chi connectivity index (χ4v) is 3.03. The first kappa shape index (κ1) is 18.3. The number of benzene rings is 1. The number of fused-ring (bicyclic) bond motifs is 1. The molecule has 0 saturated carbocycles. The second kappa shape index (κ2) is 7.40. The Morgan fingerprint density at radius 1 is 1.23 bits per heavy atom. The number of anilines is 1. The number of carbonyl (C=O) groups excluding carboxylic acids is 2. The Bertz CT molecular complexity index is 734. The van der Waals surface area contributed by atoms with Gasteiger partial charge < -0.3 is 19.7 Å². The van der Waals surface area contributed by atoms with Gasteiger partial charge >= 0.3 is 6.09 Å². The van der Waals surface area contributed by atoms with E-state index in [-0.39, 0.29) is 12.0 Å². The van der Waals surface area contributed by atoms with Crippen molar-refractivity contribution >= 4 is 17.7 Å². The Balaban J connectivity index is 1.56. The van der Waals surface area contributed by atoms with E-state index in [9.17, 15) is 9.59 Å². The third kappa shape index (κ3) is 4.56. The summed E-state index contributed by atoms with van der Waals surface area (Å²) in [5.41, 5.74) is 2.58. The molecule has 2 amide bonds. The summed E-state index contributed by atoms with van der Waals surface area (Å²) in [6.45, 7) is 7.27. The number of ether oxygens (including phenoxy) is 2. The highest BCUT2D eigenvalue weighted by Crippen LogP contribution is 2.31. The summed E-state index contributed by atoms with van der Waals surface area (Å²) in [6.07, 6.45) is 3.71. The topological polar surface area (TPSA) is 67.9 Å². The molecule has 0 saturated heterocycles. The normalized spacial score (nSPS) is 17.1. The zero-order valence-corrected chi connectivity index (χ0v) is 15.6. The molecule has 0 spiro atoms. The third-order valence-electron chi connectivity index (χ3n) is 4.38. The Morgan fingerprint density at radius 2 is 2.04 bits per heavy atom. The Kier molecular flexibility index (Phi) is 5.20. The highest BCUT2D eigenvalue weighted by atomic mass is 16.6. The maximum Gasteiger partial charge on any atom is 0.410 e. The summed E-state index contributed by atoms with van der Waals surface area (Å²) >= 11 is 0. The summed E-state index contributed by atoms with van der Waals surface area (Å²) < 4.78 is 11.4. The van der Waals surface area contributed by atoms with Crippen LogP contribution >= 0.6 is 0 Å². The van der Waals surface area contributed by atoms with Crippen molar-refractivity contribution in [3.8, 4) is 5.75 Å². The summed E-state index contributed by atoms with van der Waals surface area (Å²) in [5, 5.41) is 2.88. The van der Waals surface area contributed by atoms with Crippen LogP contribution in [0.25, 0.3) is 0 Å². The van der Waals surface area contributed by atoms with Gasteiger partial charge in [-0.05, 0) is 51.3 Å². The lowest BCUT2D eigenvalue weighted by atomic mass is 10.0. The molecule has 0 fully saturated rings. The number of hydrogen-bond acceptors (Lipinski definition) is 4. The van der Waals surface area contributed by atoms with Crippen LogP contribution in [0.4, 0.5) is 10.5 Å². The first-order valence-corrected chi connectivity index (χ1v) is 9.02. The quantitative estimate of drug-likeness (QED) is 0.840. The molecule has 0 unspecified atom stereocenters. The average Bonchev–Trinajstić information content (AvgIpc) is 2.58. The molecule has 0 radical (unpaired) electrons. The fourth-order valence-electron chi connectivity index (χ4n) is 3.03. The molecule has 0 atom stereocenters. The predicted octanol–water partition coefficient (Wildman–Crippen LogP) is 3.52. The molecule has 1 aromatic carbocycles. The van der Waals surface area contributed by atoms with E-state index in [2.05, 4.69) is 5.32 Å². The molecule has 2 aliphatic heterocycles. The number of hydrogen-bond donors (Lipinski definition) is 1. The van der Waals surface area contributed by atoms with Crippen LogP contribution in [-0.2, 0) is 16.0 Å². The van der Waals surface area contributed by atoms with Crippen molar-refractivity contribution in [2.45, 2.75) is 45.6 Å². The van der Waals surface area contributed by atoms with E-state index < -0.39 is 5.60 Å². The highest BCUT2D eigenvalue weighted by molar-refractivity contribution is 5.94. The number of nitrogens with one attached hydrogen (secondary N) is 1. The molecule has 2 aliphatic rings. The Labute approximate surface area is 154 Å². The van der Waals surface area contributed by atoms with Gasteiger partial charge in [0.25, 0.3) is 0 Å². The molecule has 6 nitrogen and oxygen atoms in total. The number of carbonyl (C=O) groups is 2. The minimum Gasteiger partial charge on any atom is -0.489 e. The monoisotopic (exact) mass is 358 g/mol. The van der Waals surface area contributed by atoms with E-state index in [1.807, 2.05) is 45.0 Å². The van der Waals surface area contributed by atoms with Crippen molar-refractivity contribution in [2.75, 3.05) is 25.0 Å². The highest BCUT2D eigenvalue weighted by Gasteiger charge is 2.24. The molecule has 0 bridgehead atoms. The first-order chi connectivity index (χ1) is 12.3. The van der Waals surface area contributed by atoms with Crippen molar-refractivity contribution in [3.63, 3.8) is 0 Å². The maximum atomic E-state index is 12.1. The van der Waals surface area contributed by atoms with Gasteiger partial charge in [0.15, 0.2) is 0 Å². The van der Waals surface area contributed by atoms with Gasteiger partial charge in [0, 0.05) is 30.8 Å². The van der Waals surface area contributed by atoms with Crippen molar-refractivity contribution in [2.24, 2.45) is 0 Å². The summed E-state index contributed by atoms with van der Waals surface area (Å²) in [4.78, 5) is 25.3. The van der Waals surface area contributed by atoms with Crippen LogP contribution in [0.15, 0.2) is 29.8 Å². The molecule has 140 valence electrons. The third-order valence-corrected chi connectivity index (χ3v) is 4.38. The Morgan fingerprint density at radius 3 is 2.73 bits per heavy atom. The van der Waals surface area contributed by atoms with Crippen molar-refractivity contribution in [3.05, 3.63) is 35.4 Å². The molecular weight excluding hydrogens is 332 g/mol. The largest absolute Gasteiger partial charge is 0.489 e. The van der Waals surface area contributed by atoms with Gasteiger partial charge in [-0.3, -0.25) is 4.79 Å². The second-order valence-electron chi connectivity index (χ2n) is 7.66. The minimum atomic E-state index is -0.480. The molecule has 1 N–H and O–H groups in total. The van der Waals surface area contributed by atoms with Crippen LogP contribution in [0.3, 0.4) is 0 Å². The summed E-state index contributed by atoms with van der Waals surface area (Å²) in [5.74, 6) is 0.866. The lowest BCUT2D eigenvalue weighted by Crippen LogP contribution is -2.39. The van der Waals surface area contributed by atoms with Crippen LogP contribution in [-0.4, -0.2) is 42.2 Å². The number of rotatable bonds is 3. The smallest absolute Gasteiger partial charge is 0.410 e. The van der Waals surface area contributed by atoms with Gasteiger partial charge in [-0.2, -0.15) is 0 Å². The average molecular weight is 358 g/mol. The predicted molar refractivity (Wildman–Crippen MR) is 99.4 cm³/mol. The van der Waals surface area contributed by atoms with E-state index >= 15 is 0 Å². The first-order valence-electron chi connectivity index (χ1n) is 9.02. The summed E-state index contributed by atoms with van der Waals surface area (Å²) in [7, 11) is 0. The van der Waals surface area contributed by atoms with E-state index in [0.717, 1.165) is 23.4 Å². The lowest BCUT2D eigenvalue weighted by molar-refractivity contribution is -0.116. The van der Waals surface area contributed by atoms with E-state index in [0.29, 0.717) is 32.5 Å². The molecule has 0 aromatic heterocycles. The Hall–Kier alpha value is -2.50. The zero-order valence-electron chi connectivity index (χ0n) is 15.6. The van der Waals surface area contributed by atoms with Crippen LogP contribution < -0.4 is 10.1 Å². The van der Waals surface area contributed by atoms with Gasteiger partial charge in [-0.15, -0.1) is 0 Å². The summed E-state index contributed by atoms with van der Waals surface area (Å²) in [6, 6.07) is 5.73. The SMILES string of the molecule is CC(C)(C)OC(=O)N1CC=C(COc2cccc3c2CCC(=O)N3)CC1. The van der Waals surface area contributed by atoms with Gasteiger partial charge in [0.1, 0.15) is 18.0 Å². The van der Waals surface area contributed by atoms with Crippen LogP contribution in [0.2, 0.25) is 0 Å². The number of nitrogens with zero attached hydrogens (tertiary/aromatic N) is 1. The molecule has 2 heterocycles.